The summed E-state index contributed by atoms with van der Waals surface area (Å²) in [6.07, 6.45) is 0. The maximum Gasteiger partial charge on any atom is 0.146 e. The van der Waals surface area contributed by atoms with Gasteiger partial charge in [-0.2, -0.15) is 5.26 Å². The molecule has 0 radical (unpaired) electrons. The average molecular weight is 269 g/mol. The first-order valence-electron chi connectivity index (χ1n) is 5.50. The van der Waals surface area contributed by atoms with Gasteiger partial charge in [-0.25, -0.2) is 18.3 Å². The zero-order valence-electron chi connectivity index (χ0n) is 10.8. The molecule has 0 aliphatic rings. The Morgan fingerprint density at radius 2 is 2.11 bits per heavy atom. The fourth-order valence-electron chi connectivity index (χ4n) is 1.22. The van der Waals surface area contributed by atoms with Crippen LogP contribution in [0, 0.1) is 17.1 Å². The Morgan fingerprint density at radius 3 is 2.61 bits per heavy atom. The van der Waals surface area contributed by atoms with Crippen LogP contribution in [0.25, 0.3) is 0 Å². The van der Waals surface area contributed by atoms with Gasteiger partial charge >= 0.3 is 0 Å². The molecule has 1 unspecified atom stereocenters. The first kappa shape index (κ1) is 14.7. The van der Waals surface area contributed by atoms with Gasteiger partial charge in [0.2, 0.25) is 0 Å². The summed E-state index contributed by atoms with van der Waals surface area (Å²) in [4.78, 5) is 3.89. The lowest BCUT2D eigenvalue weighted by atomic mass is 10.2. The van der Waals surface area contributed by atoms with Crippen LogP contribution in [0.5, 0.6) is 0 Å². The van der Waals surface area contributed by atoms with E-state index in [0.29, 0.717) is 0 Å². The number of hydrogen-bond donors (Lipinski definition) is 1. The normalized spacial score (nSPS) is 14.9. The molecule has 0 fully saturated rings. The lowest BCUT2D eigenvalue weighted by Gasteiger charge is -2.21. The Balaban J connectivity index is 2.95. The van der Waals surface area contributed by atoms with Gasteiger partial charge in [0.05, 0.1) is 27.5 Å². The summed E-state index contributed by atoms with van der Waals surface area (Å²) in [6, 6.07) is 3.83. The van der Waals surface area contributed by atoms with E-state index in [-0.39, 0.29) is 11.4 Å². The summed E-state index contributed by atoms with van der Waals surface area (Å²) in [6.45, 7) is 7.12. The fraction of sp³-hybridized carbons (Fsp3) is 0.500. The molecule has 6 heteroatoms. The lowest BCUT2D eigenvalue weighted by Crippen LogP contribution is -2.35. The zero-order chi connectivity index (χ0) is 13.9. The van der Waals surface area contributed by atoms with Crippen LogP contribution in [0.15, 0.2) is 12.1 Å². The Morgan fingerprint density at radius 1 is 1.50 bits per heavy atom. The van der Waals surface area contributed by atoms with Crippen molar-refractivity contribution in [2.75, 3.05) is 0 Å². The minimum Gasteiger partial charge on any atom is -0.242 e. The summed E-state index contributed by atoms with van der Waals surface area (Å²) in [7, 11) is -1.32. The summed E-state index contributed by atoms with van der Waals surface area (Å²) in [5, 5.41) is 8.73. The number of aromatic nitrogens is 1. The monoisotopic (exact) mass is 269 g/mol. The maximum atomic E-state index is 13.6. The number of nitriles is 1. The second kappa shape index (κ2) is 5.55. The van der Waals surface area contributed by atoms with Crippen LogP contribution in [-0.2, 0) is 11.0 Å². The van der Waals surface area contributed by atoms with E-state index < -0.39 is 27.6 Å². The van der Waals surface area contributed by atoms with Crippen molar-refractivity contribution < 1.29 is 8.60 Å². The molecule has 1 aromatic rings. The van der Waals surface area contributed by atoms with Crippen LogP contribution >= 0.6 is 0 Å². The smallest absolute Gasteiger partial charge is 0.146 e. The number of hydrogen-bond acceptors (Lipinski definition) is 3. The molecule has 0 aliphatic carbocycles. The van der Waals surface area contributed by atoms with Gasteiger partial charge in [-0.05, 0) is 39.8 Å². The third kappa shape index (κ3) is 3.59. The SMILES string of the molecule is C[C@@H](NS(=O)C(C)(C)C)c1nc(C#N)ccc1F. The van der Waals surface area contributed by atoms with Crippen molar-refractivity contribution in [1.82, 2.24) is 9.71 Å². The first-order valence-corrected chi connectivity index (χ1v) is 6.65. The third-order valence-electron chi connectivity index (χ3n) is 2.24. The van der Waals surface area contributed by atoms with Crippen molar-refractivity contribution in [2.24, 2.45) is 0 Å². The van der Waals surface area contributed by atoms with E-state index in [0.717, 1.165) is 0 Å². The molecule has 2 atom stereocenters. The third-order valence-corrected chi connectivity index (χ3v) is 3.92. The molecule has 0 aromatic carbocycles. The number of halogens is 1. The Hall–Kier alpha value is -1.32. The van der Waals surface area contributed by atoms with Gasteiger partial charge in [-0.1, -0.05) is 0 Å². The molecule has 0 bridgehead atoms. The number of nitrogens with zero attached hydrogens (tertiary/aromatic N) is 2. The van der Waals surface area contributed by atoms with E-state index in [2.05, 4.69) is 9.71 Å². The Labute approximate surface area is 109 Å². The summed E-state index contributed by atoms with van der Waals surface area (Å²) < 4.78 is 27.8. The van der Waals surface area contributed by atoms with E-state index in [4.69, 9.17) is 5.26 Å². The molecule has 0 aliphatic heterocycles. The van der Waals surface area contributed by atoms with Gasteiger partial charge in [0.25, 0.3) is 0 Å². The minimum atomic E-state index is -1.32. The van der Waals surface area contributed by atoms with Crippen LogP contribution in [0.3, 0.4) is 0 Å². The quantitative estimate of drug-likeness (QED) is 0.914. The van der Waals surface area contributed by atoms with Crippen LogP contribution in [-0.4, -0.2) is 13.9 Å². The number of pyridine rings is 1. The van der Waals surface area contributed by atoms with Crippen LogP contribution in [0.1, 0.15) is 45.1 Å². The lowest BCUT2D eigenvalue weighted by molar-refractivity contribution is 0.556. The molecule has 1 aromatic heterocycles. The highest BCUT2D eigenvalue weighted by molar-refractivity contribution is 7.84. The molecule has 1 N–H and O–H groups in total. The standard InChI is InChI=1S/C12H16FN3OS/c1-8(16-18(17)12(2,3)4)11-10(13)6-5-9(7-14)15-11/h5-6,8,16H,1-4H3/t8-,18?/m1/s1. The topological polar surface area (TPSA) is 65.8 Å². The van der Waals surface area contributed by atoms with E-state index in [1.54, 1.807) is 6.92 Å². The molecule has 1 heterocycles. The maximum absolute atomic E-state index is 13.6. The van der Waals surface area contributed by atoms with Gasteiger partial charge < -0.3 is 0 Å². The number of nitrogens with one attached hydrogen (secondary N) is 1. The molecule has 0 amide bonds. The van der Waals surface area contributed by atoms with Crippen molar-refractivity contribution in [3.8, 4) is 6.07 Å². The molecule has 98 valence electrons. The van der Waals surface area contributed by atoms with E-state index in [9.17, 15) is 8.60 Å². The van der Waals surface area contributed by atoms with Crippen LogP contribution in [0.2, 0.25) is 0 Å². The van der Waals surface area contributed by atoms with Crippen molar-refractivity contribution in [3.05, 3.63) is 29.3 Å². The summed E-state index contributed by atoms with van der Waals surface area (Å²) in [5.41, 5.74) is 0.244. The molecule has 18 heavy (non-hydrogen) atoms. The number of rotatable bonds is 3. The van der Waals surface area contributed by atoms with Crippen molar-refractivity contribution in [3.63, 3.8) is 0 Å². The summed E-state index contributed by atoms with van der Waals surface area (Å²) >= 11 is 0. The highest BCUT2D eigenvalue weighted by atomic mass is 32.2. The molecule has 0 saturated carbocycles. The second-order valence-corrected chi connectivity index (χ2v) is 6.89. The summed E-state index contributed by atoms with van der Waals surface area (Å²) in [5.74, 6) is -0.514. The van der Waals surface area contributed by atoms with Crippen LogP contribution in [0.4, 0.5) is 4.39 Å². The fourth-order valence-corrected chi connectivity index (χ4v) is 2.00. The highest BCUT2D eigenvalue weighted by Gasteiger charge is 2.23. The molecule has 4 nitrogen and oxygen atoms in total. The van der Waals surface area contributed by atoms with E-state index in [1.807, 2.05) is 26.8 Å². The molecular formula is C12H16FN3OS. The molecule has 0 spiro atoms. The predicted molar refractivity (Wildman–Crippen MR) is 68.4 cm³/mol. The predicted octanol–water partition coefficient (Wildman–Crippen LogP) is 2.21. The van der Waals surface area contributed by atoms with E-state index in [1.165, 1.54) is 12.1 Å². The van der Waals surface area contributed by atoms with Gasteiger partial charge in [0.15, 0.2) is 0 Å². The van der Waals surface area contributed by atoms with Gasteiger partial charge in [0, 0.05) is 0 Å². The molecule has 1 rings (SSSR count). The van der Waals surface area contributed by atoms with Gasteiger partial charge in [-0.3, -0.25) is 0 Å². The molecule has 0 saturated heterocycles. The van der Waals surface area contributed by atoms with Crippen molar-refractivity contribution in [1.29, 1.82) is 5.26 Å². The van der Waals surface area contributed by atoms with Gasteiger partial charge in [0.1, 0.15) is 17.6 Å². The largest absolute Gasteiger partial charge is 0.242 e. The van der Waals surface area contributed by atoms with Crippen molar-refractivity contribution in [2.45, 2.75) is 38.5 Å². The average Bonchev–Trinajstić information content (AvgIpc) is 2.28. The Kier molecular flexibility index (Phi) is 4.54. The minimum absolute atomic E-state index is 0.103. The zero-order valence-corrected chi connectivity index (χ0v) is 11.6. The Bertz CT molecular complexity index is 505. The molecular weight excluding hydrogens is 253 g/mol. The second-order valence-electron chi connectivity index (χ2n) is 4.90. The van der Waals surface area contributed by atoms with Crippen LogP contribution < -0.4 is 4.72 Å². The van der Waals surface area contributed by atoms with Gasteiger partial charge in [-0.15, -0.1) is 0 Å². The highest BCUT2D eigenvalue weighted by Crippen LogP contribution is 2.18. The van der Waals surface area contributed by atoms with Crippen molar-refractivity contribution >= 4 is 11.0 Å². The van der Waals surface area contributed by atoms with E-state index >= 15 is 0 Å². The first-order chi connectivity index (χ1) is 8.25.